The van der Waals surface area contributed by atoms with E-state index in [1.54, 1.807) is 54.6 Å². The van der Waals surface area contributed by atoms with Gasteiger partial charge in [-0.2, -0.15) is 13.2 Å². The van der Waals surface area contributed by atoms with Gasteiger partial charge in [0.15, 0.2) is 0 Å². The SMILES string of the molecule is C=C(O/C(=C\C)CN1CCN(C[C@@H](O)C[C@@H](Cc2ccc(-c3cccnc3)cc2)C(N)=O)[C@H](C(=O)NCC(F)(F)F)C1)c1ccc(Cl)cc1. The predicted molar refractivity (Wildman–Crippen MR) is 183 cm³/mol. The Bertz CT molecular complexity index is 1590. The van der Waals surface area contributed by atoms with Gasteiger partial charge in [0.2, 0.25) is 11.8 Å². The zero-order valence-electron chi connectivity index (χ0n) is 27.2. The van der Waals surface area contributed by atoms with Crippen molar-refractivity contribution in [2.75, 3.05) is 39.3 Å². The van der Waals surface area contributed by atoms with Crippen LogP contribution in [0.4, 0.5) is 13.2 Å². The summed E-state index contributed by atoms with van der Waals surface area (Å²) in [4.78, 5) is 33.2. The minimum Gasteiger partial charge on any atom is -0.461 e. The van der Waals surface area contributed by atoms with Crippen molar-refractivity contribution in [1.82, 2.24) is 20.1 Å². The largest absolute Gasteiger partial charge is 0.461 e. The number of aliphatic hydroxyl groups is 1. The number of aliphatic hydroxyl groups excluding tert-OH is 1. The molecule has 13 heteroatoms. The zero-order valence-corrected chi connectivity index (χ0v) is 28.0. The van der Waals surface area contributed by atoms with Gasteiger partial charge in [0.05, 0.1) is 12.6 Å². The number of hydrogen-bond donors (Lipinski definition) is 3. The average molecular weight is 700 g/mol. The number of benzene rings is 2. The number of amides is 2. The van der Waals surface area contributed by atoms with E-state index in [0.717, 1.165) is 22.3 Å². The number of β-amino-alcohol motifs (C(OH)–C–C–N with tert-alkyl or cyclic N) is 1. The average Bonchev–Trinajstić information content (AvgIpc) is 3.07. The van der Waals surface area contributed by atoms with Crippen molar-refractivity contribution < 1.29 is 32.6 Å². The summed E-state index contributed by atoms with van der Waals surface area (Å²) < 4.78 is 45.0. The fourth-order valence-corrected chi connectivity index (χ4v) is 5.80. The van der Waals surface area contributed by atoms with E-state index in [2.05, 4.69) is 11.6 Å². The summed E-state index contributed by atoms with van der Waals surface area (Å²) in [6.45, 7) is 5.30. The number of halogens is 4. The summed E-state index contributed by atoms with van der Waals surface area (Å²) in [6, 6.07) is 17.4. The van der Waals surface area contributed by atoms with Crippen LogP contribution < -0.4 is 11.1 Å². The highest BCUT2D eigenvalue weighted by atomic mass is 35.5. The van der Waals surface area contributed by atoms with Gasteiger partial charge in [0, 0.05) is 55.1 Å². The van der Waals surface area contributed by atoms with Crippen LogP contribution in [-0.4, -0.2) is 89.3 Å². The summed E-state index contributed by atoms with van der Waals surface area (Å²) in [5.74, 6) is -1.18. The second-order valence-corrected chi connectivity index (χ2v) is 12.4. The van der Waals surface area contributed by atoms with Crippen molar-refractivity contribution in [3.63, 3.8) is 0 Å². The van der Waals surface area contributed by atoms with Gasteiger partial charge in [-0.05, 0) is 72.9 Å². The summed E-state index contributed by atoms with van der Waals surface area (Å²) in [5, 5.41) is 13.6. The van der Waals surface area contributed by atoms with Crippen LogP contribution in [0.2, 0.25) is 5.02 Å². The maximum atomic E-state index is 13.1. The van der Waals surface area contributed by atoms with Gasteiger partial charge in [-0.1, -0.05) is 48.5 Å². The Kier molecular flexibility index (Phi) is 13.4. The van der Waals surface area contributed by atoms with Crippen molar-refractivity contribution in [3.8, 4) is 11.1 Å². The lowest BCUT2D eigenvalue weighted by Gasteiger charge is -2.41. The summed E-state index contributed by atoms with van der Waals surface area (Å²) in [7, 11) is 0. The lowest BCUT2D eigenvalue weighted by Crippen LogP contribution is -2.61. The van der Waals surface area contributed by atoms with Crippen molar-refractivity contribution >= 4 is 29.2 Å². The molecule has 4 N–H and O–H groups in total. The third kappa shape index (κ3) is 11.7. The lowest BCUT2D eigenvalue weighted by molar-refractivity contribution is -0.143. The Morgan fingerprint density at radius 2 is 1.86 bits per heavy atom. The number of hydrogen-bond acceptors (Lipinski definition) is 7. The van der Waals surface area contributed by atoms with E-state index in [0.29, 0.717) is 23.1 Å². The lowest BCUT2D eigenvalue weighted by atomic mass is 9.92. The monoisotopic (exact) mass is 699 g/mol. The Labute approximate surface area is 289 Å². The number of ether oxygens (including phenoxy) is 1. The fourth-order valence-electron chi connectivity index (χ4n) is 5.67. The molecule has 1 aliphatic heterocycles. The smallest absolute Gasteiger partial charge is 0.405 e. The van der Waals surface area contributed by atoms with Gasteiger partial charge in [0.1, 0.15) is 24.1 Å². The van der Waals surface area contributed by atoms with E-state index >= 15 is 0 Å². The number of alkyl halides is 3. The first kappa shape index (κ1) is 37.6. The van der Waals surface area contributed by atoms with Gasteiger partial charge < -0.3 is 20.9 Å². The molecule has 262 valence electrons. The van der Waals surface area contributed by atoms with Crippen LogP contribution in [0.25, 0.3) is 16.9 Å². The van der Waals surface area contributed by atoms with Gasteiger partial charge >= 0.3 is 6.18 Å². The molecule has 1 saturated heterocycles. The summed E-state index contributed by atoms with van der Waals surface area (Å²) in [5.41, 5.74) is 9.20. The number of primary amides is 1. The minimum absolute atomic E-state index is 0.0141. The zero-order chi connectivity index (χ0) is 35.6. The van der Waals surface area contributed by atoms with Crippen molar-refractivity contribution in [3.05, 3.63) is 108 Å². The Hall–Kier alpha value is -4.23. The molecule has 3 aromatic rings. The van der Waals surface area contributed by atoms with E-state index in [-0.39, 0.29) is 39.0 Å². The molecule has 9 nitrogen and oxygen atoms in total. The number of nitrogens with one attached hydrogen (secondary N) is 1. The molecule has 2 aromatic carbocycles. The van der Waals surface area contributed by atoms with E-state index in [1.807, 2.05) is 46.6 Å². The number of piperazine rings is 1. The third-order valence-corrected chi connectivity index (χ3v) is 8.55. The normalized spacial score (nSPS) is 17.3. The molecular formula is C36H41ClF3N5O4. The van der Waals surface area contributed by atoms with Gasteiger partial charge in [-0.15, -0.1) is 0 Å². The first-order valence-electron chi connectivity index (χ1n) is 15.9. The molecular weight excluding hydrogens is 659 g/mol. The van der Waals surface area contributed by atoms with Gasteiger partial charge in [-0.25, -0.2) is 0 Å². The maximum Gasteiger partial charge on any atom is 0.405 e. The van der Waals surface area contributed by atoms with Crippen LogP contribution in [0.15, 0.2) is 91.5 Å². The fraction of sp³-hybridized carbons (Fsp3) is 0.361. The highest BCUT2D eigenvalue weighted by Gasteiger charge is 2.36. The highest BCUT2D eigenvalue weighted by molar-refractivity contribution is 6.30. The number of aromatic nitrogens is 1. The van der Waals surface area contributed by atoms with Crippen LogP contribution in [-0.2, 0) is 20.7 Å². The summed E-state index contributed by atoms with van der Waals surface area (Å²) >= 11 is 5.98. The Balaban J connectivity index is 1.39. The molecule has 0 spiro atoms. The number of rotatable bonds is 15. The molecule has 0 saturated carbocycles. The van der Waals surface area contributed by atoms with Gasteiger partial charge in [-0.3, -0.25) is 24.4 Å². The van der Waals surface area contributed by atoms with E-state index < -0.39 is 42.6 Å². The molecule has 2 heterocycles. The van der Waals surface area contributed by atoms with E-state index in [1.165, 1.54) is 0 Å². The highest BCUT2D eigenvalue weighted by Crippen LogP contribution is 2.24. The Morgan fingerprint density at radius 3 is 2.47 bits per heavy atom. The van der Waals surface area contributed by atoms with Crippen LogP contribution in [0.3, 0.4) is 0 Å². The molecule has 0 aliphatic carbocycles. The first-order valence-corrected chi connectivity index (χ1v) is 16.2. The van der Waals surface area contributed by atoms with Crippen LogP contribution in [0.1, 0.15) is 24.5 Å². The topological polar surface area (TPSA) is 121 Å². The van der Waals surface area contributed by atoms with Crippen LogP contribution >= 0.6 is 11.6 Å². The molecule has 1 aromatic heterocycles. The molecule has 1 aliphatic rings. The number of pyridine rings is 1. The summed E-state index contributed by atoms with van der Waals surface area (Å²) in [6.07, 6.45) is -0.166. The number of carbonyl (C=O) groups excluding carboxylic acids is 2. The first-order chi connectivity index (χ1) is 23.3. The predicted octanol–water partition coefficient (Wildman–Crippen LogP) is 5.05. The molecule has 0 bridgehead atoms. The van der Waals surface area contributed by atoms with Crippen LogP contribution in [0, 0.1) is 5.92 Å². The second-order valence-electron chi connectivity index (χ2n) is 12.0. The van der Waals surface area contributed by atoms with Crippen molar-refractivity contribution in [1.29, 1.82) is 0 Å². The standard InChI is InChI=1S/C36H41ClF3N5O4/c1-3-32(49-24(2)26-10-12-30(37)13-11-26)21-44-15-16-45(33(22-44)35(48)43-23-36(38,39)40)20-31(46)18-29(34(41)47)17-25-6-8-27(9-7-25)28-5-4-14-42-19-28/h3-14,19,29,31,33,46H,2,15-18,20-23H2,1H3,(H2,41,47)(H,43,48)/b32-3-/t29-,31+,33+/m1/s1. The molecule has 0 unspecified atom stereocenters. The third-order valence-electron chi connectivity index (χ3n) is 8.30. The number of nitrogens with zero attached hydrogens (tertiary/aromatic N) is 3. The quantitative estimate of drug-likeness (QED) is 0.190. The van der Waals surface area contributed by atoms with Crippen molar-refractivity contribution in [2.24, 2.45) is 11.7 Å². The molecule has 4 rings (SSSR count). The maximum absolute atomic E-state index is 13.1. The molecule has 3 atom stereocenters. The van der Waals surface area contributed by atoms with Crippen molar-refractivity contribution in [2.45, 2.75) is 38.1 Å². The molecule has 49 heavy (non-hydrogen) atoms. The minimum atomic E-state index is -4.59. The molecule has 2 amide bonds. The number of carbonyl (C=O) groups is 2. The number of allylic oxidation sites excluding steroid dienone is 1. The second kappa shape index (κ2) is 17.4. The number of nitrogens with two attached hydrogens (primary N) is 1. The van der Waals surface area contributed by atoms with E-state index in [4.69, 9.17) is 22.1 Å². The molecule has 0 radical (unpaired) electrons. The Morgan fingerprint density at radius 1 is 1.14 bits per heavy atom. The van der Waals surface area contributed by atoms with Crippen LogP contribution in [0.5, 0.6) is 0 Å². The van der Waals surface area contributed by atoms with E-state index in [9.17, 15) is 27.9 Å². The molecule has 1 fully saturated rings. The van der Waals surface area contributed by atoms with Gasteiger partial charge in [0.25, 0.3) is 0 Å².